The maximum absolute atomic E-state index is 13.3. The van der Waals surface area contributed by atoms with Gasteiger partial charge in [-0.15, -0.1) is 0 Å². The molecule has 4 aromatic heterocycles. The van der Waals surface area contributed by atoms with Crippen molar-refractivity contribution in [2.24, 2.45) is 0 Å². The quantitative estimate of drug-likeness (QED) is 0.112. The molecule has 0 amide bonds. The van der Waals surface area contributed by atoms with Gasteiger partial charge in [-0.25, -0.2) is 15.0 Å². The number of imidazole rings is 2. The fourth-order valence-corrected chi connectivity index (χ4v) is 7.87. The first-order valence-electron chi connectivity index (χ1n) is 13.0. The van der Waals surface area contributed by atoms with Gasteiger partial charge in [0.2, 0.25) is 13.5 Å². The molecule has 0 aliphatic carbocycles. The van der Waals surface area contributed by atoms with Gasteiger partial charge in [-0.2, -0.15) is 4.98 Å². The van der Waals surface area contributed by atoms with Crippen molar-refractivity contribution in [1.29, 1.82) is 0 Å². The van der Waals surface area contributed by atoms with E-state index in [4.69, 9.17) is 60.2 Å². The summed E-state index contributed by atoms with van der Waals surface area (Å²) in [7, 11) is 7.66. The number of aromatic nitrogens is 8. The predicted molar refractivity (Wildman–Crippen MR) is 156 cm³/mol. The Balaban J connectivity index is 1.17. The molecule has 25 heteroatoms. The first-order valence-corrected chi connectivity index (χ1v) is 17.4. The van der Waals surface area contributed by atoms with Gasteiger partial charge in [0.25, 0.3) is 18.6 Å². The second-order valence-electron chi connectivity index (χ2n) is 10.3. The van der Waals surface area contributed by atoms with Gasteiger partial charge in [0.1, 0.15) is 43.0 Å². The highest BCUT2D eigenvalue weighted by Gasteiger charge is 2.52. The number of aliphatic hydroxyl groups is 2. The summed E-state index contributed by atoms with van der Waals surface area (Å²) in [6.45, 7) is -1.04. The van der Waals surface area contributed by atoms with Crippen LogP contribution in [0, 0.1) is 0 Å². The number of fused-ring (bicyclic) bond motifs is 4. The SMILES string of the molecule is [B]P1(=O)OC[C@H]2O[C@@H](n3cnc4c(=O)[nH]cnc43)[C@@H](O)C2OP([B])(=S)OC[C@H]2O[C@@H](n3cnc4c(=O)[nH]c(N)nc43)[C@@H](O)C2O1. The first-order chi connectivity index (χ1) is 21.3. The van der Waals surface area contributed by atoms with Crippen molar-refractivity contribution in [3.8, 4) is 0 Å². The van der Waals surface area contributed by atoms with E-state index < -0.39 is 87.3 Å². The van der Waals surface area contributed by atoms with Crippen LogP contribution in [0.25, 0.3) is 22.3 Å². The molecule has 0 bridgehead atoms. The molecule has 4 radical (unpaired) electrons. The summed E-state index contributed by atoms with van der Waals surface area (Å²) < 4.78 is 50.4. The summed E-state index contributed by atoms with van der Waals surface area (Å²) in [6, 6.07) is 0. The number of ether oxygens (including phenoxy) is 2. The van der Waals surface area contributed by atoms with E-state index in [2.05, 4.69) is 29.9 Å². The number of nitrogens with two attached hydrogens (primary N) is 1. The van der Waals surface area contributed by atoms with Crippen LogP contribution < -0.4 is 16.9 Å². The van der Waals surface area contributed by atoms with E-state index in [1.165, 1.54) is 21.8 Å². The van der Waals surface area contributed by atoms with E-state index in [9.17, 15) is 24.4 Å². The van der Waals surface area contributed by atoms with E-state index in [1.54, 1.807) is 0 Å². The molecule has 3 aliphatic rings. The maximum Gasteiger partial charge on any atom is 0.280 e. The van der Waals surface area contributed by atoms with E-state index in [0.29, 0.717) is 0 Å². The van der Waals surface area contributed by atoms with Gasteiger partial charge in [-0.3, -0.25) is 28.3 Å². The van der Waals surface area contributed by atoms with Crippen LogP contribution in [0.4, 0.5) is 5.95 Å². The van der Waals surface area contributed by atoms with Gasteiger partial charge in [-0.05, 0) is 11.8 Å². The molecule has 3 saturated heterocycles. The molecule has 7 heterocycles. The molecule has 0 spiro atoms. The standard InChI is InChI=1S/C20H21B2N9O11P2S/c21-43(36)37-1-6-13(11(33)18(39-6)30-4-26-8-14(30)24-3-25-16(8)34)42-44(22,45)38-2-7-12(41-43)10(32)19(40-7)31-5-27-9-15(31)28-20(23)29-17(9)35/h3-7,10-13,18-19,32-33H,1-2H2,(H,24,25,34)(H3,23,28,29,35)/t6-,7-,10+,11+,12?,13?,18-,19-,43?,44?/m1/s1. The van der Waals surface area contributed by atoms with E-state index in [0.717, 1.165) is 6.33 Å². The topological polar surface area (TPSA) is 266 Å². The number of aromatic amines is 2. The number of anilines is 1. The fraction of sp³-hybridized carbons (Fsp3) is 0.500. The molecule has 45 heavy (non-hydrogen) atoms. The molecule has 234 valence electrons. The minimum Gasteiger partial charge on any atom is -0.386 e. The second-order valence-corrected chi connectivity index (χ2v) is 14.9. The Hall–Kier alpha value is -2.81. The van der Waals surface area contributed by atoms with Crippen molar-refractivity contribution in [1.82, 2.24) is 39.0 Å². The highest BCUT2D eigenvalue weighted by Crippen LogP contribution is 2.53. The molecule has 7 rings (SSSR count). The summed E-state index contributed by atoms with van der Waals surface area (Å²) in [5.74, 6) is -0.211. The van der Waals surface area contributed by atoms with Crippen LogP contribution in [0.15, 0.2) is 28.6 Å². The average Bonchev–Trinajstić information content (AvgIpc) is 3.72. The van der Waals surface area contributed by atoms with Crippen LogP contribution in [-0.2, 0) is 43.9 Å². The number of hydrogen-bond acceptors (Lipinski definition) is 17. The summed E-state index contributed by atoms with van der Waals surface area (Å²) in [4.78, 5) is 45.3. The summed E-state index contributed by atoms with van der Waals surface area (Å²) in [5, 5.41) is 22.5. The number of hydrogen-bond donors (Lipinski definition) is 5. The number of aliphatic hydroxyl groups excluding tert-OH is 2. The molecule has 4 aromatic rings. The smallest absolute Gasteiger partial charge is 0.280 e. The van der Waals surface area contributed by atoms with Gasteiger partial charge < -0.3 is 48.5 Å². The molecule has 4 unspecified atom stereocenters. The minimum absolute atomic E-state index is 0.0124. The van der Waals surface area contributed by atoms with E-state index >= 15 is 0 Å². The van der Waals surface area contributed by atoms with Crippen molar-refractivity contribution in [3.05, 3.63) is 39.7 Å². The van der Waals surface area contributed by atoms with Gasteiger partial charge in [-0.1, -0.05) is 0 Å². The van der Waals surface area contributed by atoms with Crippen LogP contribution in [0.3, 0.4) is 0 Å². The van der Waals surface area contributed by atoms with Crippen molar-refractivity contribution in [3.63, 3.8) is 0 Å². The third-order valence-electron chi connectivity index (χ3n) is 7.36. The van der Waals surface area contributed by atoms with Crippen molar-refractivity contribution in [2.45, 2.75) is 49.1 Å². The van der Waals surface area contributed by atoms with Crippen LogP contribution in [0.5, 0.6) is 0 Å². The van der Waals surface area contributed by atoms with Crippen molar-refractivity contribution >= 4 is 69.1 Å². The van der Waals surface area contributed by atoms with E-state index in [1.807, 2.05) is 0 Å². The van der Waals surface area contributed by atoms with Gasteiger partial charge >= 0.3 is 0 Å². The largest absolute Gasteiger partial charge is 0.386 e. The molecule has 3 aliphatic heterocycles. The van der Waals surface area contributed by atoms with Gasteiger partial charge in [0.05, 0.1) is 32.2 Å². The minimum atomic E-state index is -4.49. The van der Waals surface area contributed by atoms with Crippen LogP contribution >= 0.6 is 13.8 Å². The lowest BCUT2D eigenvalue weighted by Crippen LogP contribution is -2.39. The first kappa shape index (κ1) is 30.8. The summed E-state index contributed by atoms with van der Waals surface area (Å²) >= 11 is 5.41. The van der Waals surface area contributed by atoms with Crippen LogP contribution in [0.2, 0.25) is 0 Å². The third kappa shape index (κ3) is 5.51. The number of nitrogens with zero attached hydrogens (tertiary/aromatic N) is 6. The Morgan fingerprint density at radius 3 is 2.16 bits per heavy atom. The Labute approximate surface area is 258 Å². The monoisotopic (exact) mass is 679 g/mol. The molecule has 20 nitrogen and oxygen atoms in total. The Morgan fingerprint density at radius 1 is 0.911 bits per heavy atom. The highest BCUT2D eigenvalue weighted by atomic mass is 32.4. The fourth-order valence-electron chi connectivity index (χ4n) is 5.36. The van der Waals surface area contributed by atoms with Crippen LogP contribution in [-0.4, -0.2) is 114 Å². The zero-order chi connectivity index (χ0) is 31.8. The van der Waals surface area contributed by atoms with Crippen LogP contribution in [0.1, 0.15) is 12.5 Å². The predicted octanol–water partition coefficient (Wildman–Crippen LogP) is -2.16. The molecular formula is C20H21B2N9O11P2S. The van der Waals surface area contributed by atoms with Crippen molar-refractivity contribution in [2.75, 3.05) is 18.9 Å². The van der Waals surface area contributed by atoms with Gasteiger partial charge in [0, 0.05) is 0 Å². The molecule has 0 aromatic carbocycles. The van der Waals surface area contributed by atoms with Crippen molar-refractivity contribution < 1.29 is 42.3 Å². The molecular weight excluding hydrogens is 658 g/mol. The molecule has 3 fully saturated rings. The number of nitrogen functional groups attached to an aromatic ring is 1. The zero-order valence-corrected chi connectivity index (χ0v) is 25.2. The molecule has 0 saturated carbocycles. The average molecular weight is 679 g/mol. The maximum atomic E-state index is 13.3. The Morgan fingerprint density at radius 2 is 1.49 bits per heavy atom. The van der Waals surface area contributed by atoms with E-state index in [-0.39, 0.29) is 28.3 Å². The lowest BCUT2D eigenvalue weighted by molar-refractivity contribution is -0.0547. The highest BCUT2D eigenvalue weighted by molar-refractivity contribution is 8.21. The zero-order valence-electron chi connectivity index (χ0n) is 22.6. The lowest BCUT2D eigenvalue weighted by Gasteiger charge is -2.31. The summed E-state index contributed by atoms with van der Waals surface area (Å²) in [5.41, 5.74) is 4.52. The molecule has 6 N–H and O–H groups in total. The second kappa shape index (κ2) is 11.2. The molecule has 10 atom stereocenters. The Bertz CT molecular complexity index is 2010. The third-order valence-corrected chi connectivity index (χ3v) is 10.0. The summed E-state index contributed by atoms with van der Waals surface area (Å²) in [6.07, 6.45) is -10.9. The number of rotatable bonds is 2. The Kier molecular flexibility index (Phi) is 7.65. The normalized spacial score (nSPS) is 37.6. The lowest BCUT2D eigenvalue weighted by atomic mass is 10.1. The van der Waals surface area contributed by atoms with Gasteiger partial charge in [0.15, 0.2) is 42.3 Å². The number of H-pyrrole nitrogens is 2. The number of nitrogens with one attached hydrogen (secondary N) is 2.